The minimum absolute atomic E-state index is 0.225. The van der Waals surface area contributed by atoms with Crippen molar-refractivity contribution in [1.82, 2.24) is 0 Å². The monoisotopic (exact) mass is 247 g/mol. The number of benzene rings is 1. The van der Waals surface area contributed by atoms with Gasteiger partial charge in [0.1, 0.15) is 5.75 Å². The second kappa shape index (κ2) is 5.31. The highest BCUT2D eigenvalue weighted by molar-refractivity contribution is 5.44. The Labute approximate surface area is 111 Å². The van der Waals surface area contributed by atoms with Gasteiger partial charge in [-0.1, -0.05) is 25.0 Å². The average Bonchev–Trinajstić information content (AvgIpc) is 2.84. The molecule has 0 spiro atoms. The van der Waals surface area contributed by atoms with Crippen LogP contribution in [0.2, 0.25) is 0 Å². The van der Waals surface area contributed by atoms with Gasteiger partial charge in [0.25, 0.3) is 0 Å². The summed E-state index contributed by atoms with van der Waals surface area (Å²) in [6, 6.07) is 4.30. The third kappa shape index (κ3) is 2.54. The Balaban J connectivity index is 2.12. The molecule has 1 aromatic rings. The van der Waals surface area contributed by atoms with Gasteiger partial charge in [-0.15, -0.1) is 0 Å². The first-order valence-electron chi connectivity index (χ1n) is 6.98. The predicted octanol–water partition coefficient (Wildman–Crippen LogP) is 3.51. The van der Waals surface area contributed by atoms with Crippen LogP contribution in [0.3, 0.4) is 0 Å². The number of rotatable bonds is 4. The lowest BCUT2D eigenvalue weighted by Gasteiger charge is -2.28. The van der Waals surface area contributed by atoms with Crippen molar-refractivity contribution in [3.8, 4) is 5.75 Å². The third-order valence-electron chi connectivity index (χ3n) is 4.49. The molecule has 0 radical (unpaired) electrons. The molecule has 1 aliphatic rings. The molecule has 0 atom stereocenters. The van der Waals surface area contributed by atoms with Gasteiger partial charge in [0.05, 0.1) is 6.61 Å². The summed E-state index contributed by atoms with van der Waals surface area (Å²) in [6.07, 6.45) is 5.03. The highest BCUT2D eigenvalue weighted by Crippen LogP contribution is 2.38. The van der Waals surface area contributed by atoms with Crippen molar-refractivity contribution in [2.45, 2.75) is 46.5 Å². The minimum atomic E-state index is 0.225. The van der Waals surface area contributed by atoms with E-state index in [1.165, 1.54) is 42.4 Å². The Morgan fingerprint density at radius 1 is 1.11 bits per heavy atom. The summed E-state index contributed by atoms with van der Waals surface area (Å²) < 4.78 is 6.15. The molecule has 100 valence electrons. The van der Waals surface area contributed by atoms with Crippen LogP contribution in [0.15, 0.2) is 12.1 Å². The molecular formula is C16H25NO. The van der Waals surface area contributed by atoms with E-state index in [0.717, 1.165) is 18.9 Å². The minimum Gasteiger partial charge on any atom is -0.492 e. The van der Waals surface area contributed by atoms with Crippen molar-refractivity contribution in [3.05, 3.63) is 28.8 Å². The van der Waals surface area contributed by atoms with Crippen LogP contribution in [-0.2, 0) is 0 Å². The van der Waals surface area contributed by atoms with Gasteiger partial charge in [-0.25, -0.2) is 0 Å². The summed E-state index contributed by atoms with van der Waals surface area (Å²) in [5.74, 6) is 1.06. The Morgan fingerprint density at radius 2 is 1.72 bits per heavy atom. The molecule has 2 N–H and O–H groups in total. The molecule has 0 amide bonds. The summed E-state index contributed by atoms with van der Waals surface area (Å²) >= 11 is 0. The van der Waals surface area contributed by atoms with Crippen molar-refractivity contribution in [1.29, 1.82) is 0 Å². The largest absolute Gasteiger partial charge is 0.492 e. The Hall–Kier alpha value is -1.02. The quantitative estimate of drug-likeness (QED) is 0.883. The third-order valence-corrected chi connectivity index (χ3v) is 4.49. The highest BCUT2D eigenvalue weighted by atomic mass is 16.5. The van der Waals surface area contributed by atoms with E-state index in [2.05, 4.69) is 32.9 Å². The number of hydrogen-bond acceptors (Lipinski definition) is 2. The first kappa shape index (κ1) is 13.4. The molecule has 0 unspecified atom stereocenters. The van der Waals surface area contributed by atoms with Gasteiger partial charge in [-0.2, -0.15) is 0 Å². The summed E-state index contributed by atoms with van der Waals surface area (Å²) in [5.41, 5.74) is 9.97. The van der Waals surface area contributed by atoms with E-state index in [4.69, 9.17) is 10.5 Å². The molecule has 0 heterocycles. The summed E-state index contributed by atoms with van der Waals surface area (Å²) in [5, 5.41) is 0. The highest BCUT2D eigenvalue weighted by Gasteiger charge is 2.33. The molecule has 1 fully saturated rings. The molecule has 1 aromatic carbocycles. The number of ether oxygens (including phenoxy) is 1. The summed E-state index contributed by atoms with van der Waals surface area (Å²) in [4.78, 5) is 0. The first-order chi connectivity index (χ1) is 8.58. The van der Waals surface area contributed by atoms with Gasteiger partial charge in [-0.3, -0.25) is 0 Å². The van der Waals surface area contributed by atoms with E-state index in [0.29, 0.717) is 0 Å². The van der Waals surface area contributed by atoms with Crippen molar-refractivity contribution in [3.63, 3.8) is 0 Å². The van der Waals surface area contributed by atoms with E-state index >= 15 is 0 Å². The molecule has 0 aromatic heterocycles. The molecule has 18 heavy (non-hydrogen) atoms. The number of nitrogens with two attached hydrogens (primary N) is 1. The molecule has 1 saturated carbocycles. The number of hydrogen-bond donors (Lipinski definition) is 1. The maximum absolute atomic E-state index is 6.15. The van der Waals surface area contributed by atoms with E-state index in [9.17, 15) is 0 Å². The van der Waals surface area contributed by atoms with Gasteiger partial charge in [0.2, 0.25) is 0 Å². The summed E-state index contributed by atoms with van der Waals surface area (Å²) in [6.45, 7) is 7.91. The second-order valence-electron chi connectivity index (χ2n) is 5.85. The molecule has 0 aliphatic heterocycles. The predicted molar refractivity (Wildman–Crippen MR) is 76.1 cm³/mol. The summed E-state index contributed by atoms with van der Waals surface area (Å²) in [7, 11) is 0. The number of aryl methyl sites for hydroxylation is 2. The van der Waals surface area contributed by atoms with Gasteiger partial charge in [-0.05, 0) is 50.3 Å². The zero-order valence-electron chi connectivity index (χ0n) is 11.9. The zero-order chi connectivity index (χ0) is 13.2. The van der Waals surface area contributed by atoms with Crippen LogP contribution in [0.1, 0.15) is 42.4 Å². The smallest absolute Gasteiger partial charge is 0.125 e. The lowest BCUT2D eigenvalue weighted by molar-refractivity contribution is 0.155. The van der Waals surface area contributed by atoms with Crippen LogP contribution < -0.4 is 10.5 Å². The van der Waals surface area contributed by atoms with Crippen molar-refractivity contribution in [2.24, 2.45) is 11.1 Å². The van der Waals surface area contributed by atoms with Crippen molar-refractivity contribution in [2.75, 3.05) is 13.2 Å². The zero-order valence-corrected chi connectivity index (χ0v) is 11.9. The van der Waals surface area contributed by atoms with Crippen LogP contribution in [0.4, 0.5) is 0 Å². The molecular weight excluding hydrogens is 222 g/mol. The Kier molecular flexibility index (Phi) is 3.96. The van der Waals surface area contributed by atoms with Crippen molar-refractivity contribution < 1.29 is 4.74 Å². The lowest BCUT2D eigenvalue weighted by atomic mass is 9.87. The van der Waals surface area contributed by atoms with Crippen LogP contribution >= 0.6 is 0 Å². The van der Waals surface area contributed by atoms with Crippen LogP contribution in [0.25, 0.3) is 0 Å². The van der Waals surface area contributed by atoms with Crippen LogP contribution in [-0.4, -0.2) is 13.2 Å². The maximum Gasteiger partial charge on any atom is 0.125 e. The Morgan fingerprint density at radius 3 is 2.33 bits per heavy atom. The fraction of sp³-hybridized carbons (Fsp3) is 0.625. The molecule has 2 heteroatoms. The normalized spacial score (nSPS) is 18.0. The van der Waals surface area contributed by atoms with Gasteiger partial charge < -0.3 is 10.5 Å². The lowest BCUT2D eigenvalue weighted by Crippen LogP contribution is -2.34. The fourth-order valence-corrected chi connectivity index (χ4v) is 2.91. The van der Waals surface area contributed by atoms with Gasteiger partial charge in [0.15, 0.2) is 0 Å². The van der Waals surface area contributed by atoms with E-state index in [1.807, 2.05) is 0 Å². The molecule has 1 aliphatic carbocycles. The van der Waals surface area contributed by atoms with Gasteiger partial charge in [0, 0.05) is 12.0 Å². The Bertz CT molecular complexity index is 419. The van der Waals surface area contributed by atoms with Crippen LogP contribution in [0, 0.1) is 26.2 Å². The average molecular weight is 247 g/mol. The molecule has 2 nitrogen and oxygen atoms in total. The second-order valence-corrected chi connectivity index (χ2v) is 5.85. The maximum atomic E-state index is 6.15. The first-order valence-corrected chi connectivity index (χ1v) is 6.98. The van der Waals surface area contributed by atoms with Crippen molar-refractivity contribution >= 4 is 0 Å². The van der Waals surface area contributed by atoms with Crippen LogP contribution in [0.5, 0.6) is 5.75 Å². The SMILES string of the molecule is Cc1ccc(C)c(OCC2(CN)CCCC2)c1C. The molecule has 0 saturated heterocycles. The topological polar surface area (TPSA) is 35.2 Å². The van der Waals surface area contributed by atoms with E-state index < -0.39 is 0 Å². The standard InChI is InChI=1S/C16H25NO/c1-12-6-7-13(2)15(14(12)3)18-11-16(10-17)8-4-5-9-16/h6-7H,4-5,8-11,17H2,1-3H3. The molecule has 2 rings (SSSR count). The van der Waals surface area contributed by atoms with E-state index in [-0.39, 0.29) is 5.41 Å². The fourth-order valence-electron chi connectivity index (χ4n) is 2.91. The molecule has 0 bridgehead atoms. The van der Waals surface area contributed by atoms with E-state index in [1.54, 1.807) is 0 Å². The van der Waals surface area contributed by atoms with Gasteiger partial charge >= 0.3 is 0 Å².